The van der Waals surface area contributed by atoms with Crippen molar-refractivity contribution in [1.29, 1.82) is 0 Å². The average Bonchev–Trinajstić information content (AvgIpc) is 2.57. The van der Waals surface area contributed by atoms with Crippen LogP contribution in [0.25, 0.3) is 0 Å². The van der Waals surface area contributed by atoms with Crippen molar-refractivity contribution in [2.75, 3.05) is 0 Å². The fraction of sp³-hybridized carbons (Fsp3) is 0.769. The zero-order chi connectivity index (χ0) is 13.1. The molecule has 0 radical (unpaired) electrons. The van der Waals surface area contributed by atoms with Crippen LogP contribution < -0.4 is 5.32 Å². The number of rotatable bonds is 4. The standard InChI is InChI=1S/C13H24N2O2/c1-12(2,3)14-8-10-7-11(17-15-10)9-16-13(4,5)6/h7,14H,8-9H2,1-6H3. The molecule has 0 spiro atoms. The summed E-state index contributed by atoms with van der Waals surface area (Å²) in [6.45, 7) is 13.6. The second-order valence-corrected chi connectivity index (χ2v) is 6.29. The van der Waals surface area contributed by atoms with E-state index in [1.807, 2.05) is 26.8 Å². The van der Waals surface area contributed by atoms with Crippen molar-refractivity contribution in [2.45, 2.75) is 65.8 Å². The van der Waals surface area contributed by atoms with Gasteiger partial charge >= 0.3 is 0 Å². The van der Waals surface area contributed by atoms with Crippen LogP contribution in [0.1, 0.15) is 53.0 Å². The number of hydrogen-bond acceptors (Lipinski definition) is 4. The first-order valence-corrected chi connectivity index (χ1v) is 5.99. The Bertz CT molecular complexity index is 313. The molecular formula is C13H24N2O2. The van der Waals surface area contributed by atoms with Gasteiger partial charge in [0.25, 0.3) is 0 Å². The minimum Gasteiger partial charge on any atom is -0.368 e. The Morgan fingerprint density at radius 2 is 1.88 bits per heavy atom. The summed E-state index contributed by atoms with van der Waals surface area (Å²) in [5, 5.41) is 7.36. The fourth-order valence-electron chi connectivity index (χ4n) is 1.15. The van der Waals surface area contributed by atoms with E-state index in [0.717, 1.165) is 11.5 Å². The summed E-state index contributed by atoms with van der Waals surface area (Å²) in [4.78, 5) is 0. The van der Waals surface area contributed by atoms with Crippen molar-refractivity contribution in [3.63, 3.8) is 0 Å². The van der Waals surface area contributed by atoms with Crippen LogP contribution in [0, 0.1) is 0 Å². The highest BCUT2D eigenvalue weighted by Gasteiger charge is 2.14. The zero-order valence-corrected chi connectivity index (χ0v) is 11.8. The first-order chi connectivity index (χ1) is 7.66. The Balaban J connectivity index is 2.43. The van der Waals surface area contributed by atoms with E-state index in [4.69, 9.17) is 9.26 Å². The molecule has 4 heteroatoms. The van der Waals surface area contributed by atoms with Gasteiger partial charge in [0.1, 0.15) is 6.61 Å². The molecule has 1 heterocycles. The molecule has 0 unspecified atom stereocenters. The Kier molecular flexibility index (Phi) is 4.33. The molecule has 4 nitrogen and oxygen atoms in total. The van der Waals surface area contributed by atoms with E-state index in [1.54, 1.807) is 0 Å². The SMILES string of the molecule is CC(C)(C)NCc1cc(COC(C)(C)C)on1. The number of nitrogens with zero attached hydrogens (tertiary/aromatic N) is 1. The van der Waals surface area contributed by atoms with Crippen LogP contribution in [-0.4, -0.2) is 16.3 Å². The first-order valence-electron chi connectivity index (χ1n) is 5.99. The second-order valence-electron chi connectivity index (χ2n) is 6.29. The molecule has 0 saturated heterocycles. The van der Waals surface area contributed by atoms with E-state index in [-0.39, 0.29) is 11.1 Å². The molecule has 1 aromatic rings. The van der Waals surface area contributed by atoms with Crippen LogP contribution in [0.3, 0.4) is 0 Å². The van der Waals surface area contributed by atoms with E-state index >= 15 is 0 Å². The summed E-state index contributed by atoms with van der Waals surface area (Å²) in [5.41, 5.74) is 0.838. The highest BCUT2D eigenvalue weighted by Crippen LogP contribution is 2.13. The van der Waals surface area contributed by atoms with E-state index in [9.17, 15) is 0 Å². The maximum atomic E-state index is 5.62. The largest absolute Gasteiger partial charge is 0.368 e. The van der Waals surface area contributed by atoms with Crippen molar-refractivity contribution in [3.05, 3.63) is 17.5 Å². The number of nitrogens with one attached hydrogen (secondary N) is 1. The van der Waals surface area contributed by atoms with Crippen molar-refractivity contribution in [1.82, 2.24) is 10.5 Å². The molecule has 0 bridgehead atoms. The quantitative estimate of drug-likeness (QED) is 0.879. The average molecular weight is 240 g/mol. The second kappa shape index (κ2) is 5.19. The molecule has 1 N–H and O–H groups in total. The normalized spacial score (nSPS) is 13.1. The molecule has 98 valence electrons. The molecule has 0 amide bonds. The van der Waals surface area contributed by atoms with Crippen molar-refractivity contribution < 1.29 is 9.26 Å². The van der Waals surface area contributed by atoms with Crippen LogP contribution in [-0.2, 0) is 17.9 Å². The minimum absolute atomic E-state index is 0.0843. The van der Waals surface area contributed by atoms with Crippen LogP contribution >= 0.6 is 0 Å². The molecule has 17 heavy (non-hydrogen) atoms. The molecule has 1 rings (SSSR count). The summed E-state index contributed by atoms with van der Waals surface area (Å²) < 4.78 is 10.8. The van der Waals surface area contributed by atoms with Gasteiger partial charge in [-0.2, -0.15) is 0 Å². The fourth-order valence-corrected chi connectivity index (χ4v) is 1.15. The Morgan fingerprint density at radius 3 is 2.41 bits per heavy atom. The molecule has 0 aliphatic carbocycles. The lowest BCUT2D eigenvalue weighted by Gasteiger charge is -2.19. The minimum atomic E-state index is -0.156. The number of aromatic nitrogens is 1. The smallest absolute Gasteiger partial charge is 0.162 e. The molecule has 0 fully saturated rings. The predicted molar refractivity (Wildman–Crippen MR) is 67.6 cm³/mol. The number of ether oxygens (including phenoxy) is 1. The van der Waals surface area contributed by atoms with Crippen LogP contribution in [0.15, 0.2) is 10.6 Å². The van der Waals surface area contributed by atoms with Crippen LogP contribution in [0.4, 0.5) is 0 Å². The maximum absolute atomic E-state index is 5.62. The summed E-state index contributed by atoms with van der Waals surface area (Å²) >= 11 is 0. The maximum Gasteiger partial charge on any atom is 0.162 e. The molecule has 0 aliphatic rings. The van der Waals surface area contributed by atoms with Gasteiger partial charge < -0.3 is 14.6 Å². The van der Waals surface area contributed by atoms with E-state index in [2.05, 4.69) is 31.2 Å². The monoisotopic (exact) mass is 240 g/mol. The van der Waals surface area contributed by atoms with Crippen LogP contribution in [0.2, 0.25) is 0 Å². The lowest BCUT2D eigenvalue weighted by molar-refractivity contribution is -0.0241. The third kappa shape index (κ3) is 6.44. The predicted octanol–water partition coefficient (Wildman–Crippen LogP) is 2.88. The molecule has 1 aromatic heterocycles. The lowest BCUT2D eigenvalue weighted by Crippen LogP contribution is -2.35. The zero-order valence-electron chi connectivity index (χ0n) is 11.8. The van der Waals surface area contributed by atoms with Crippen molar-refractivity contribution >= 4 is 0 Å². The van der Waals surface area contributed by atoms with Gasteiger partial charge in [0.2, 0.25) is 0 Å². The highest BCUT2D eigenvalue weighted by atomic mass is 16.5. The van der Waals surface area contributed by atoms with Crippen LogP contribution in [0.5, 0.6) is 0 Å². The Morgan fingerprint density at radius 1 is 1.24 bits per heavy atom. The molecule has 0 saturated carbocycles. The third-order valence-electron chi connectivity index (χ3n) is 2.06. The summed E-state index contributed by atoms with van der Waals surface area (Å²) in [6, 6.07) is 1.94. The summed E-state index contributed by atoms with van der Waals surface area (Å²) in [7, 11) is 0. The van der Waals surface area contributed by atoms with Crippen molar-refractivity contribution in [3.8, 4) is 0 Å². The topological polar surface area (TPSA) is 47.3 Å². The Labute approximate surface area is 104 Å². The third-order valence-corrected chi connectivity index (χ3v) is 2.06. The van der Waals surface area contributed by atoms with Gasteiger partial charge in [0.05, 0.1) is 11.3 Å². The first kappa shape index (κ1) is 14.2. The van der Waals surface area contributed by atoms with Crippen molar-refractivity contribution in [2.24, 2.45) is 0 Å². The van der Waals surface area contributed by atoms with E-state index < -0.39 is 0 Å². The summed E-state index contributed by atoms with van der Waals surface area (Å²) in [5.74, 6) is 0.769. The summed E-state index contributed by atoms with van der Waals surface area (Å²) in [6.07, 6.45) is 0. The van der Waals surface area contributed by atoms with Gasteiger partial charge in [-0.25, -0.2) is 0 Å². The number of hydrogen-bond donors (Lipinski definition) is 1. The Hall–Kier alpha value is -0.870. The van der Waals surface area contributed by atoms with E-state index in [0.29, 0.717) is 13.2 Å². The highest BCUT2D eigenvalue weighted by molar-refractivity contribution is 5.04. The molecule has 0 aliphatic heterocycles. The molecule has 0 aromatic carbocycles. The molecular weight excluding hydrogens is 216 g/mol. The molecule has 0 atom stereocenters. The van der Waals surface area contributed by atoms with Gasteiger partial charge in [-0.1, -0.05) is 5.16 Å². The van der Waals surface area contributed by atoms with Gasteiger partial charge in [-0.15, -0.1) is 0 Å². The van der Waals surface area contributed by atoms with Gasteiger partial charge in [0, 0.05) is 18.2 Å². The van der Waals surface area contributed by atoms with Gasteiger partial charge in [-0.05, 0) is 41.5 Å². The van der Waals surface area contributed by atoms with Gasteiger partial charge in [-0.3, -0.25) is 0 Å². The lowest BCUT2D eigenvalue weighted by atomic mass is 10.1. The van der Waals surface area contributed by atoms with Gasteiger partial charge in [0.15, 0.2) is 5.76 Å². The van der Waals surface area contributed by atoms with E-state index in [1.165, 1.54) is 0 Å².